The number of rotatable bonds is 9. The van der Waals surface area contributed by atoms with Crippen LogP contribution < -0.4 is 15.4 Å². The number of pyridine rings is 1. The minimum absolute atomic E-state index is 0.00996. The molecule has 1 aromatic rings. The summed E-state index contributed by atoms with van der Waals surface area (Å²) in [4.78, 5) is 15.9. The molecule has 0 spiro atoms. The fraction of sp³-hybridized carbons (Fsp3) is 0.625. The zero-order chi connectivity index (χ0) is 16.6. The monoisotopic (exact) mass is 327 g/mol. The van der Waals surface area contributed by atoms with Crippen molar-refractivity contribution in [3.05, 3.63) is 23.4 Å². The quantitative estimate of drug-likeness (QED) is 0.732. The number of hydrogen-bond acceptors (Lipinski definition) is 4. The average Bonchev–Trinajstić information content (AvgIpc) is 2.50. The largest absolute Gasteiger partial charge is 0.475 e. The number of carbonyl (C=O) groups excluding carboxylic acids is 1. The van der Waals surface area contributed by atoms with Gasteiger partial charge in [-0.2, -0.15) is 0 Å². The van der Waals surface area contributed by atoms with Crippen LogP contribution in [-0.4, -0.2) is 36.1 Å². The molecule has 1 atom stereocenters. The second kappa shape index (κ2) is 8.96. The average molecular weight is 328 g/mol. The van der Waals surface area contributed by atoms with E-state index in [1.54, 1.807) is 18.3 Å². The van der Waals surface area contributed by atoms with Gasteiger partial charge < -0.3 is 10.1 Å². The van der Waals surface area contributed by atoms with E-state index in [4.69, 9.17) is 16.3 Å². The lowest BCUT2D eigenvalue weighted by atomic mass is 10.0. The molecular formula is C16H26ClN3O2. The van der Waals surface area contributed by atoms with Crippen LogP contribution in [0.25, 0.3) is 0 Å². The third-order valence-electron chi connectivity index (χ3n) is 3.42. The van der Waals surface area contributed by atoms with Gasteiger partial charge in [0.1, 0.15) is 11.6 Å². The van der Waals surface area contributed by atoms with E-state index in [9.17, 15) is 4.79 Å². The number of halogens is 1. The first kappa shape index (κ1) is 18.7. The lowest BCUT2D eigenvalue weighted by Gasteiger charge is -2.29. The summed E-state index contributed by atoms with van der Waals surface area (Å²) in [7, 11) is 0. The first-order valence-corrected chi connectivity index (χ1v) is 7.99. The highest BCUT2D eigenvalue weighted by molar-refractivity contribution is 6.31. The van der Waals surface area contributed by atoms with Crippen LogP contribution in [0.4, 0.5) is 0 Å². The summed E-state index contributed by atoms with van der Waals surface area (Å²) in [5.74, 6) is 0.843. The van der Waals surface area contributed by atoms with Gasteiger partial charge in [-0.3, -0.25) is 10.1 Å². The highest BCUT2D eigenvalue weighted by atomic mass is 35.5. The lowest BCUT2D eigenvalue weighted by Crippen LogP contribution is -2.51. The molecule has 0 aliphatic carbocycles. The van der Waals surface area contributed by atoms with Crippen LogP contribution >= 0.6 is 11.6 Å². The van der Waals surface area contributed by atoms with E-state index in [2.05, 4.69) is 29.5 Å². The minimum atomic E-state index is -0.323. The van der Waals surface area contributed by atoms with Crippen LogP contribution in [0.1, 0.15) is 34.1 Å². The highest BCUT2D eigenvalue weighted by Gasteiger charge is 2.24. The van der Waals surface area contributed by atoms with E-state index in [1.807, 2.05) is 13.8 Å². The summed E-state index contributed by atoms with van der Waals surface area (Å²) in [5, 5.41) is 6.62. The Morgan fingerprint density at radius 2 is 2.23 bits per heavy atom. The smallest absolute Gasteiger partial charge is 0.233 e. The molecule has 0 radical (unpaired) electrons. The zero-order valence-corrected chi connectivity index (χ0v) is 14.5. The first-order chi connectivity index (χ1) is 10.4. The lowest BCUT2D eigenvalue weighted by molar-refractivity contribution is -0.120. The van der Waals surface area contributed by atoms with Crippen LogP contribution in [-0.2, 0) is 4.79 Å². The molecule has 5 nitrogen and oxygen atoms in total. The van der Waals surface area contributed by atoms with Crippen LogP contribution in [0.2, 0.25) is 5.02 Å². The molecule has 0 fully saturated rings. The maximum Gasteiger partial charge on any atom is 0.233 e. The van der Waals surface area contributed by atoms with Crippen LogP contribution in [0.15, 0.2) is 18.3 Å². The van der Waals surface area contributed by atoms with Crippen molar-refractivity contribution in [1.29, 1.82) is 0 Å². The third kappa shape index (κ3) is 6.62. The Hall–Kier alpha value is -1.33. The maximum absolute atomic E-state index is 11.8. The Morgan fingerprint density at radius 1 is 1.50 bits per heavy atom. The van der Waals surface area contributed by atoms with E-state index < -0.39 is 0 Å². The van der Waals surface area contributed by atoms with Crippen molar-refractivity contribution in [1.82, 2.24) is 15.6 Å². The predicted octanol–water partition coefficient (Wildman–Crippen LogP) is 2.64. The highest BCUT2D eigenvalue weighted by Crippen LogP contribution is 2.21. The molecular weight excluding hydrogens is 302 g/mol. The van der Waals surface area contributed by atoms with Crippen molar-refractivity contribution in [2.24, 2.45) is 5.92 Å². The van der Waals surface area contributed by atoms with E-state index in [-0.39, 0.29) is 18.0 Å². The number of nitrogens with zero attached hydrogens (tertiary/aromatic N) is 1. The molecule has 1 heterocycles. The molecule has 0 saturated carbocycles. The Balaban J connectivity index is 2.47. The van der Waals surface area contributed by atoms with Gasteiger partial charge in [0.25, 0.3) is 0 Å². The molecule has 124 valence electrons. The number of aromatic nitrogens is 1. The zero-order valence-electron chi connectivity index (χ0n) is 13.8. The van der Waals surface area contributed by atoms with Gasteiger partial charge in [-0.15, -0.1) is 0 Å². The topological polar surface area (TPSA) is 63.2 Å². The molecule has 0 bridgehead atoms. The first-order valence-electron chi connectivity index (χ1n) is 7.61. The van der Waals surface area contributed by atoms with Gasteiger partial charge in [-0.25, -0.2) is 4.98 Å². The Bertz CT molecular complexity index is 482. The Labute approximate surface area is 137 Å². The van der Waals surface area contributed by atoms with E-state index in [1.165, 1.54) is 0 Å². The van der Waals surface area contributed by atoms with Crippen molar-refractivity contribution >= 4 is 17.5 Å². The molecule has 6 heteroatoms. The standard InChI is InChI=1S/C16H26ClN3O2/c1-5-16(4,20-10-14(21)19-9-12(2)3)11-22-15-13(17)7-6-8-18-15/h6-8,12,20H,5,9-11H2,1-4H3,(H,19,21)/t16-/m1/s1. The Morgan fingerprint density at radius 3 is 2.82 bits per heavy atom. The summed E-state index contributed by atoms with van der Waals surface area (Å²) >= 11 is 6.02. The summed E-state index contributed by atoms with van der Waals surface area (Å²) < 4.78 is 5.69. The molecule has 1 amide bonds. The number of amides is 1. The number of hydrogen-bond donors (Lipinski definition) is 2. The summed E-state index contributed by atoms with van der Waals surface area (Å²) in [6, 6.07) is 3.49. The number of carbonyl (C=O) groups is 1. The van der Waals surface area contributed by atoms with Crippen LogP contribution in [0, 0.1) is 5.92 Å². The molecule has 1 rings (SSSR count). The number of ether oxygens (including phenoxy) is 1. The molecule has 22 heavy (non-hydrogen) atoms. The normalized spacial score (nSPS) is 13.7. The van der Waals surface area contributed by atoms with Gasteiger partial charge in [0.2, 0.25) is 11.8 Å². The van der Waals surface area contributed by atoms with Crippen molar-refractivity contribution < 1.29 is 9.53 Å². The van der Waals surface area contributed by atoms with Crippen molar-refractivity contribution in [2.75, 3.05) is 19.7 Å². The summed E-state index contributed by atoms with van der Waals surface area (Å²) in [5.41, 5.74) is -0.323. The number of nitrogens with one attached hydrogen (secondary N) is 2. The van der Waals surface area contributed by atoms with Crippen molar-refractivity contribution in [2.45, 2.75) is 39.7 Å². The molecule has 0 aliphatic heterocycles. The van der Waals surface area contributed by atoms with Crippen molar-refractivity contribution in [3.63, 3.8) is 0 Å². The van der Waals surface area contributed by atoms with Gasteiger partial charge >= 0.3 is 0 Å². The molecule has 0 aromatic carbocycles. The van der Waals surface area contributed by atoms with Crippen LogP contribution in [0.3, 0.4) is 0 Å². The second-order valence-corrected chi connectivity index (χ2v) is 6.45. The molecule has 0 unspecified atom stereocenters. The van der Waals surface area contributed by atoms with Crippen LogP contribution in [0.5, 0.6) is 5.88 Å². The predicted molar refractivity (Wildman–Crippen MR) is 89.3 cm³/mol. The minimum Gasteiger partial charge on any atom is -0.475 e. The van der Waals surface area contributed by atoms with Gasteiger partial charge in [-0.1, -0.05) is 32.4 Å². The second-order valence-electron chi connectivity index (χ2n) is 6.04. The van der Waals surface area contributed by atoms with Gasteiger partial charge in [-0.05, 0) is 31.4 Å². The van der Waals surface area contributed by atoms with E-state index >= 15 is 0 Å². The summed E-state index contributed by atoms with van der Waals surface area (Å²) in [6.45, 7) is 9.52. The van der Waals surface area contributed by atoms with Gasteiger partial charge in [0.05, 0.1) is 6.54 Å². The summed E-state index contributed by atoms with van der Waals surface area (Å²) in [6.07, 6.45) is 2.45. The van der Waals surface area contributed by atoms with E-state index in [0.29, 0.717) is 30.0 Å². The fourth-order valence-electron chi connectivity index (χ4n) is 1.66. The SMILES string of the molecule is CC[C@](C)(COc1ncccc1Cl)NCC(=O)NCC(C)C. The molecule has 0 aliphatic rings. The third-order valence-corrected chi connectivity index (χ3v) is 3.70. The maximum atomic E-state index is 11.8. The molecule has 1 aromatic heterocycles. The van der Waals surface area contributed by atoms with Crippen molar-refractivity contribution in [3.8, 4) is 5.88 Å². The van der Waals surface area contributed by atoms with E-state index in [0.717, 1.165) is 6.42 Å². The van der Waals surface area contributed by atoms with Gasteiger partial charge in [0.15, 0.2) is 0 Å². The molecule has 0 saturated heterocycles. The molecule has 2 N–H and O–H groups in total. The fourth-order valence-corrected chi connectivity index (χ4v) is 1.83. The Kier molecular flexibility index (Phi) is 7.62. The van der Waals surface area contributed by atoms with Gasteiger partial charge in [0, 0.05) is 18.3 Å².